The van der Waals surface area contributed by atoms with E-state index in [9.17, 15) is 14.0 Å². The van der Waals surface area contributed by atoms with Crippen LogP contribution in [0.15, 0.2) is 22.7 Å². The third kappa shape index (κ3) is 3.93. The van der Waals surface area contributed by atoms with Gasteiger partial charge in [-0.2, -0.15) is 0 Å². The number of benzene rings is 1. The summed E-state index contributed by atoms with van der Waals surface area (Å²) in [7, 11) is 0. The molecule has 0 aliphatic carbocycles. The summed E-state index contributed by atoms with van der Waals surface area (Å²) < 4.78 is 13.7. The van der Waals surface area contributed by atoms with E-state index in [2.05, 4.69) is 26.6 Å². The first kappa shape index (κ1) is 14.8. The van der Waals surface area contributed by atoms with Crippen molar-refractivity contribution in [1.29, 1.82) is 0 Å². The van der Waals surface area contributed by atoms with Crippen LogP contribution in [0.4, 0.5) is 14.9 Å². The lowest BCUT2D eigenvalue weighted by Gasteiger charge is -2.15. The zero-order chi connectivity index (χ0) is 14.7. The highest BCUT2D eigenvalue weighted by molar-refractivity contribution is 9.10. The Morgan fingerprint density at radius 2 is 2.15 bits per heavy atom. The predicted molar refractivity (Wildman–Crippen MR) is 76.9 cm³/mol. The molecule has 108 valence electrons. The van der Waals surface area contributed by atoms with Gasteiger partial charge in [-0.3, -0.25) is 4.79 Å². The van der Waals surface area contributed by atoms with Gasteiger partial charge in [-0.25, -0.2) is 9.18 Å². The summed E-state index contributed by atoms with van der Waals surface area (Å²) in [6.07, 6.45) is 0.722. The Bertz CT molecular complexity index is 518. The van der Waals surface area contributed by atoms with Crippen LogP contribution in [-0.4, -0.2) is 36.0 Å². The monoisotopic (exact) mass is 343 g/mol. The lowest BCUT2D eigenvalue weighted by atomic mass is 10.3. The standard InChI is InChI=1S/C13H15BrFN3O2/c1-8(19)18-3-2-11(7-18)16-13(20)17-12-5-9(14)4-10(15)6-12/h4-6,11H,2-3,7H2,1H3,(H2,16,17,20)/t11-/m0/s1. The number of hydrogen-bond acceptors (Lipinski definition) is 2. The highest BCUT2D eigenvalue weighted by Gasteiger charge is 2.25. The second kappa shape index (κ2) is 6.21. The maximum Gasteiger partial charge on any atom is 0.319 e. The zero-order valence-corrected chi connectivity index (χ0v) is 12.5. The molecule has 0 unspecified atom stereocenters. The van der Waals surface area contributed by atoms with Gasteiger partial charge in [-0.15, -0.1) is 0 Å². The SMILES string of the molecule is CC(=O)N1CC[C@H](NC(=O)Nc2cc(F)cc(Br)c2)C1. The van der Waals surface area contributed by atoms with Crippen LogP contribution >= 0.6 is 15.9 Å². The fourth-order valence-electron chi connectivity index (χ4n) is 2.14. The smallest absolute Gasteiger partial charge is 0.319 e. The van der Waals surface area contributed by atoms with Crippen molar-refractivity contribution in [2.24, 2.45) is 0 Å². The van der Waals surface area contributed by atoms with Gasteiger partial charge in [0.25, 0.3) is 0 Å². The highest BCUT2D eigenvalue weighted by atomic mass is 79.9. The van der Waals surface area contributed by atoms with Crippen LogP contribution in [-0.2, 0) is 4.79 Å². The maximum atomic E-state index is 13.2. The van der Waals surface area contributed by atoms with Gasteiger partial charge in [-0.1, -0.05) is 15.9 Å². The normalized spacial score (nSPS) is 17.9. The molecule has 1 atom stereocenters. The third-order valence-corrected chi connectivity index (χ3v) is 3.55. The number of nitrogens with one attached hydrogen (secondary N) is 2. The molecule has 1 aliphatic rings. The molecular formula is C13H15BrFN3O2. The van der Waals surface area contributed by atoms with Crippen LogP contribution < -0.4 is 10.6 Å². The summed E-state index contributed by atoms with van der Waals surface area (Å²) in [6, 6.07) is 3.68. The van der Waals surface area contributed by atoms with Gasteiger partial charge >= 0.3 is 6.03 Å². The Kier molecular flexibility index (Phi) is 4.59. The molecule has 5 nitrogen and oxygen atoms in total. The lowest BCUT2D eigenvalue weighted by molar-refractivity contribution is -0.127. The summed E-state index contributed by atoms with van der Waals surface area (Å²) in [4.78, 5) is 24.7. The molecule has 1 aromatic rings. The zero-order valence-electron chi connectivity index (χ0n) is 11.0. The second-order valence-corrected chi connectivity index (χ2v) is 5.62. The number of rotatable bonds is 2. The van der Waals surface area contributed by atoms with Gasteiger partial charge in [-0.05, 0) is 24.6 Å². The molecule has 1 saturated heterocycles. The third-order valence-electron chi connectivity index (χ3n) is 3.09. The summed E-state index contributed by atoms with van der Waals surface area (Å²) >= 11 is 3.16. The fraction of sp³-hybridized carbons (Fsp3) is 0.385. The van der Waals surface area contributed by atoms with Crippen molar-refractivity contribution in [3.63, 3.8) is 0 Å². The summed E-state index contributed by atoms with van der Waals surface area (Å²) in [5.74, 6) is -0.429. The number of carbonyl (C=O) groups is 2. The first-order chi connectivity index (χ1) is 9.44. The number of urea groups is 1. The van der Waals surface area contributed by atoms with Crippen molar-refractivity contribution < 1.29 is 14.0 Å². The summed E-state index contributed by atoms with van der Waals surface area (Å²) in [5.41, 5.74) is 0.371. The average Bonchev–Trinajstić information content (AvgIpc) is 2.75. The minimum atomic E-state index is -0.432. The molecule has 3 amide bonds. The van der Waals surface area contributed by atoms with Crippen LogP contribution in [0.3, 0.4) is 0 Å². The number of halogens is 2. The van der Waals surface area contributed by atoms with E-state index >= 15 is 0 Å². The van der Waals surface area contributed by atoms with Crippen LogP contribution in [0.1, 0.15) is 13.3 Å². The minimum absolute atomic E-state index is 0.00349. The molecule has 1 fully saturated rings. The van der Waals surface area contributed by atoms with E-state index in [4.69, 9.17) is 0 Å². The van der Waals surface area contributed by atoms with Crippen molar-refractivity contribution in [2.75, 3.05) is 18.4 Å². The van der Waals surface area contributed by atoms with Gasteiger partial charge in [0.1, 0.15) is 5.82 Å². The van der Waals surface area contributed by atoms with E-state index in [0.717, 1.165) is 6.42 Å². The Hall–Kier alpha value is -1.63. The van der Waals surface area contributed by atoms with Gasteiger partial charge in [0.05, 0.1) is 0 Å². The van der Waals surface area contributed by atoms with Gasteiger partial charge in [0, 0.05) is 36.2 Å². The van der Waals surface area contributed by atoms with E-state index < -0.39 is 11.8 Å². The van der Waals surface area contributed by atoms with E-state index in [1.54, 1.807) is 11.0 Å². The minimum Gasteiger partial charge on any atom is -0.341 e. The largest absolute Gasteiger partial charge is 0.341 e. The molecule has 0 saturated carbocycles. The van der Waals surface area contributed by atoms with E-state index in [0.29, 0.717) is 23.2 Å². The number of anilines is 1. The highest BCUT2D eigenvalue weighted by Crippen LogP contribution is 2.18. The second-order valence-electron chi connectivity index (χ2n) is 4.71. The van der Waals surface area contributed by atoms with Crippen molar-refractivity contribution in [3.8, 4) is 0 Å². The van der Waals surface area contributed by atoms with E-state index in [1.807, 2.05) is 0 Å². The molecule has 7 heteroatoms. The van der Waals surface area contributed by atoms with E-state index in [-0.39, 0.29) is 11.9 Å². The molecule has 1 aromatic carbocycles. The van der Waals surface area contributed by atoms with Crippen LogP contribution in [0.5, 0.6) is 0 Å². The first-order valence-corrected chi connectivity index (χ1v) is 7.02. The van der Waals surface area contributed by atoms with Crippen LogP contribution in [0.2, 0.25) is 0 Å². The number of likely N-dealkylation sites (tertiary alicyclic amines) is 1. The Labute approximate surface area is 124 Å². The van der Waals surface area contributed by atoms with Gasteiger partial charge < -0.3 is 15.5 Å². The molecule has 0 spiro atoms. The van der Waals surface area contributed by atoms with Crippen LogP contribution in [0, 0.1) is 5.82 Å². The summed E-state index contributed by atoms with van der Waals surface area (Å²) in [6.45, 7) is 2.66. The van der Waals surface area contributed by atoms with Crippen molar-refractivity contribution in [2.45, 2.75) is 19.4 Å². The fourth-order valence-corrected chi connectivity index (χ4v) is 2.61. The van der Waals surface area contributed by atoms with Crippen molar-refractivity contribution in [3.05, 3.63) is 28.5 Å². The van der Waals surface area contributed by atoms with Crippen LogP contribution in [0.25, 0.3) is 0 Å². The molecule has 1 heterocycles. The summed E-state index contributed by atoms with van der Waals surface area (Å²) in [5, 5.41) is 5.34. The van der Waals surface area contributed by atoms with Crippen molar-refractivity contribution >= 4 is 33.6 Å². The van der Waals surface area contributed by atoms with E-state index in [1.165, 1.54) is 19.1 Å². The Morgan fingerprint density at radius 1 is 1.40 bits per heavy atom. The first-order valence-electron chi connectivity index (χ1n) is 6.23. The number of hydrogen-bond donors (Lipinski definition) is 2. The number of carbonyl (C=O) groups excluding carboxylic acids is 2. The lowest BCUT2D eigenvalue weighted by Crippen LogP contribution is -2.40. The van der Waals surface area contributed by atoms with Gasteiger partial charge in [0.2, 0.25) is 5.91 Å². The van der Waals surface area contributed by atoms with Gasteiger partial charge in [0.15, 0.2) is 0 Å². The molecular weight excluding hydrogens is 329 g/mol. The Morgan fingerprint density at radius 3 is 2.75 bits per heavy atom. The molecule has 20 heavy (non-hydrogen) atoms. The molecule has 2 rings (SSSR count). The van der Waals surface area contributed by atoms with Crippen molar-refractivity contribution in [1.82, 2.24) is 10.2 Å². The topological polar surface area (TPSA) is 61.4 Å². The molecule has 1 aliphatic heterocycles. The quantitative estimate of drug-likeness (QED) is 0.865. The molecule has 0 radical (unpaired) electrons. The molecule has 2 N–H and O–H groups in total. The average molecular weight is 344 g/mol. The maximum absolute atomic E-state index is 13.2. The molecule has 0 bridgehead atoms. The number of nitrogens with zero attached hydrogens (tertiary/aromatic N) is 1. The predicted octanol–water partition coefficient (Wildman–Crippen LogP) is 2.33. The number of amides is 3. The molecule has 0 aromatic heterocycles. The Balaban J connectivity index is 1.88.